The number of Topliss-reactive ketones (excluding diaryl/α,β-unsaturated/α-hetero) is 1. The molecule has 2 rings (SSSR count). The molecule has 15 heavy (non-hydrogen) atoms. The molecule has 0 aliphatic heterocycles. The molecule has 0 radical (unpaired) electrons. The second kappa shape index (κ2) is 3.90. The van der Waals surface area contributed by atoms with E-state index in [9.17, 15) is 4.79 Å². The van der Waals surface area contributed by atoms with Crippen molar-refractivity contribution in [2.45, 2.75) is 13.8 Å². The van der Waals surface area contributed by atoms with Gasteiger partial charge in [-0.25, -0.2) is 4.98 Å². The number of carbonyl (C=O) groups excluding carboxylic acids is 1. The molecule has 0 aromatic carbocycles. The van der Waals surface area contributed by atoms with Crippen molar-refractivity contribution in [3.05, 3.63) is 34.4 Å². The van der Waals surface area contributed by atoms with E-state index < -0.39 is 0 Å². The summed E-state index contributed by atoms with van der Waals surface area (Å²) in [5.74, 6) is 0.0170. The highest BCUT2D eigenvalue weighted by Gasteiger charge is 2.11. The van der Waals surface area contributed by atoms with Gasteiger partial charge in [0.05, 0.1) is 5.69 Å². The summed E-state index contributed by atoms with van der Waals surface area (Å²) in [4.78, 5) is 20.5. The smallest absolute Gasteiger partial charge is 0.188 e. The zero-order valence-electron chi connectivity index (χ0n) is 8.52. The quantitative estimate of drug-likeness (QED) is 0.728. The average Bonchev–Trinajstić information content (AvgIpc) is 2.62. The maximum Gasteiger partial charge on any atom is 0.188 e. The van der Waals surface area contributed by atoms with Crippen LogP contribution in [0, 0.1) is 6.92 Å². The fourth-order valence-electron chi connectivity index (χ4n) is 1.32. The van der Waals surface area contributed by atoms with Gasteiger partial charge in [0.25, 0.3) is 0 Å². The Balaban J connectivity index is 2.50. The number of nitrogens with zero attached hydrogens (tertiary/aromatic N) is 2. The second-order valence-corrected chi connectivity index (χ2v) is 4.42. The lowest BCUT2D eigenvalue weighted by Crippen LogP contribution is -1.89. The number of aryl methyl sites for hydroxylation is 1. The van der Waals surface area contributed by atoms with Crippen LogP contribution in [0.2, 0.25) is 0 Å². The van der Waals surface area contributed by atoms with E-state index in [0.717, 1.165) is 16.1 Å². The fraction of sp³-hybridized carbons (Fsp3) is 0.182. The molecule has 0 atom stereocenters. The van der Waals surface area contributed by atoms with Crippen molar-refractivity contribution in [3.63, 3.8) is 0 Å². The first kappa shape index (κ1) is 9.98. The number of ketones is 1. The summed E-state index contributed by atoms with van der Waals surface area (Å²) in [7, 11) is 0. The van der Waals surface area contributed by atoms with Crippen LogP contribution in [-0.4, -0.2) is 15.8 Å². The van der Waals surface area contributed by atoms with E-state index in [1.165, 1.54) is 18.3 Å². The Bertz CT molecular complexity index is 491. The molecule has 76 valence electrons. The van der Waals surface area contributed by atoms with Crippen LogP contribution in [0.25, 0.3) is 11.3 Å². The summed E-state index contributed by atoms with van der Waals surface area (Å²) in [5, 5.41) is 0.569. The van der Waals surface area contributed by atoms with Crippen molar-refractivity contribution in [1.29, 1.82) is 0 Å². The number of thiazole rings is 1. The fourth-order valence-corrected chi connectivity index (χ4v) is 2.16. The Labute approximate surface area is 91.8 Å². The largest absolute Gasteiger partial charge is 0.292 e. The van der Waals surface area contributed by atoms with E-state index in [2.05, 4.69) is 9.97 Å². The molecule has 0 unspecified atom stereocenters. The van der Waals surface area contributed by atoms with Gasteiger partial charge >= 0.3 is 0 Å². The van der Waals surface area contributed by atoms with Crippen LogP contribution in [0.1, 0.15) is 21.6 Å². The van der Waals surface area contributed by atoms with Gasteiger partial charge in [0.2, 0.25) is 0 Å². The van der Waals surface area contributed by atoms with Crippen molar-refractivity contribution in [2.75, 3.05) is 0 Å². The number of rotatable bonds is 2. The number of carbonyl (C=O) groups is 1. The maximum absolute atomic E-state index is 11.2. The first-order valence-electron chi connectivity index (χ1n) is 4.57. The summed E-state index contributed by atoms with van der Waals surface area (Å²) in [6.45, 7) is 3.51. The predicted octanol–water partition coefficient (Wildman–Crippen LogP) is 2.72. The third-order valence-electron chi connectivity index (χ3n) is 2.05. The SMILES string of the molecule is CC(=O)c1nc(-c2ccncc2)c(C)s1. The molecule has 3 nitrogen and oxygen atoms in total. The van der Waals surface area contributed by atoms with E-state index in [4.69, 9.17) is 0 Å². The van der Waals surface area contributed by atoms with Crippen LogP contribution in [0.15, 0.2) is 24.5 Å². The Hall–Kier alpha value is -1.55. The van der Waals surface area contributed by atoms with Gasteiger partial charge < -0.3 is 0 Å². The molecule has 0 aliphatic carbocycles. The minimum absolute atomic E-state index is 0.0170. The van der Waals surface area contributed by atoms with Gasteiger partial charge in [-0.3, -0.25) is 9.78 Å². The van der Waals surface area contributed by atoms with Crippen molar-refractivity contribution in [3.8, 4) is 11.3 Å². The van der Waals surface area contributed by atoms with E-state index in [1.807, 2.05) is 19.1 Å². The van der Waals surface area contributed by atoms with Gasteiger partial charge in [0, 0.05) is 29.8 Å². The molecule has 0 saturated carbocycles. The normalized spacial score (nSPS) is 10.3. The molecule has 0 fully saturated rings. The molecule has 2 aromatic rings. The number of pyridine rings is 1. The number of hydrogen-bond acceptors (Lipinski definition) is 4. The Morgan fingerprint density at radius 3 is 2.53 bits per heavy atom. The summed E-state index contributed by atoms with van der Waals surface area (Å²) in [5.41, 5.74) is 1.89. The van der Waals surface area contributed by atoms with Gasteiger partial charge in [-0.1, -0.05) is 0 Å². The second-order valence-electron chi connectivity index (χ2n) is 3.22. The standard InChI is InChI=1S/C11H10N2OS/c1-7(14)11-13-10(8(2)15-11)9-3-5-12-6-4-9/h3-6H,1-2H3. The highest BCUT2D eigenvalue weighted by molar-refractivity contribution is 7.14. The van der Waals surface area contributed by atoms with Crippen molar-refractivity contribution in [1.82, 2.24) is 9.97 Å². The Morgan fingerprint density at radius 2 is 2.00 bits per heavy atom. The highest BCUT2D eigenvalue weighted by Crippen LogP contribution is 2.26. The summed E-state index contributed by atoms with van der Waals surface area (Å²) < 4.78 is 0. The van der Waals surface area contributed by atoms with E-state index in [1.54, 1.807) is 12.4 Å². The molecular formula is C11H10N2OS. The molecule has 2 aromatic heterocycles. The summed E-state index contributed by atoms with van der Waals surface area (Å²) in [6.07, 6.45) is 3.45. The van der Waals surface area contributed by atoms with Crippen molar-refractivity contribution in [2.24, 2.45) is 0 Å². The van der Waals surface area contributed by atoms with Crippen molar-refractivity contribution < 1.29 is 4.79 Å². The topological polar surface area (TPSA) is 42.9 Å². The molecule has 2 heterocycles. The molecular weight excluding hydrogens is 208 g/mol. The van der Waals surface area contributed by atoms with Gasteiger partial charge in [0.1, 0.15) is 0 Å². The molecule has 4 heteroatoms. The molecule has 0 amide bonds. The molecule has 0 N–H and O–H groups in total. The lowest BCUT2D eigenvalue weighted by molar-refractivity contribution is 0.101. The van der Waals surface area contributed by atoms with E-state index in [0.29, 0.717) is 5.01 Å². The molecule has 0 aliphatic rings. The highest BCUT2D eigenvalue weighted by atomic mass is 32.1. The van der Waals surface area contributed by atoms with Crippen LogP contribution in [0.3, 0.4) is 0 Å². The maximum atomic E-state index is 11.2. The van der Waals surface area contributed by atoms with Gasteiger partial charge in [-0.05, 0) is 19.1 Å². The third kappa shape index (κ3) is 1.94. The minimum atomic E-state index is 0.0170. The minimum Gasteiger partial charge on any atom is -0.292 e. The van der Waals surface area contributed by atoms with Gasteiger partial charge in [0.15, 0.2) is 10.8 Å². The third-order valence-corrected chi connectivity index (χ3v) is 3.12. The van der Waals surface area contributed by atoms with Crippen LogP contribution < -0.4 is 0 Å². The number of aromatic nitrogens is 2. The van der Waals surface area contributed by atoms with Crippen LogP contribution in [0.4, 0.5) is 0 Å². The molecule has 0 bridgehead atoms. The lowest BCUT2D eigenvalue weighted by Gasteiger charge is -1.95. The Morgan fingerprint density at radius 1 is 1.33 bits per heavy atom. The van der Waals surface area contributed by atoms with E-state index in [-0.39, 0.29) is 5.78 Å². The zero-order valence-corrected chi connectivity index (χ0v) is 9.34. The molecule has 0 saturated heterocycles. The Kier molecular flexibility index (Phi) is 2.60. The average molecular weight is 218 g/mol. The predicted molar refractivity (Wildman–Crippen MR) is 60.1 cm³/mol. The van der Waals surface area contributed by atoms with Crippen LogP contribution in [-0.2, 0) is 0 Å². The van der Waals surface area contributed by atoms with Gasteiger partial charge in [-0.15, -0.1) is 11.3 Å². The first-order chi connectivity index (χ1) is 7.18. The van der Waals surface area contributed by atoms with Crippen molar-refractivity contribution >= 4 is 17.1 Å². The first-order valence-corrected chi connectivity index (χ1v) is 5.39. The van der Waals surface area contributed by atoms with Gasteiger partial charge in [-0.2, -0.15) is 0 Å². The lowest BCUT2D eigenvalue weighted by atomic mass is 10.2. The number of hydrogen-bond donors (Lipinski definition) is 0. The molecule has 0 spiro atoms. The van der Waals surface area contributed by atoms with Crippen LogP contribution in [0.5, 0.6) is 0 Å². The summed E-state index contributed by atoms with van der Waals surface area (Å²) >= 11 is 1.44. The zero-order chi connectivity index (χ0) is 10.8. The van der Waals surface area contributed by atoms with Crippen LogP contribution >= 0.6 is 11.3 Å². The summed E-state index contributed by atoms with van der Waals surface area (Å²) in [6, 6.07) is 3.79. The monoisotopic (exact) mass is 218 g/mol. The van der Waals surface area contributed by atoms with E-state index >= 15 is 0 Å².